The molecule has 0 aliphatic carbocycles. The van der Waals surface area contributed by atoms with Gasteiger partial charge in [0.25, 0.3) is 0 Å². The number of carbonyl (C=O) groups excluding carboxylic acids is 3. The Morgan fingerprint density at radius 1 is 1.32 bits per heavy atom. The number of nitrogens with one attached hydrogen (secondary N) is 2. The van der Waals surface area contributed by atoms with Crippen molar-refractivity contribution in [2.24, 2.45) is 0 Å². The van der Waals surface area contributed by atoms with Crippen molar-refractivity contribution in [2.45, 2.75) is 38.0 Å². The van der Waals surface area contributed by atoms with Crippen molar-refractivity contribution in [3.8, 4) is 0 Å². The standard InChI is InChI=1S/C14H25N3O5/c1-9(22-4)12(16-11(18)8-21-3)14(20)17-7-5-6-10(17)13(19)15-2/h9-10,12H,5-8H2,1-4H3,(H,15,19)(H,16,18). The molecule has 0 bridgehead atoms. The lowest BCUT2D eigenvalue weighted by atomic mass is 10.1. The number of rotatable bonds is 7. The number of hydrogen-bond acceptors (Lipinski definition) is 5. The summed E-state index contributed by atoms with van der Waals surface area (Å²) in [6.45, 7) is 2.05. The summed E-state index contributed by atoms with van der Waals surface area (Å²) in [6, 6.07) is -1.35. The van der Waals surface area contributed by atoms with Crippen LogP contribution in [0.2, 0.25) is 0 Å². The Morgan fingerprint density at radius 3 is 2.55 bits per heavy atom. The first-order valence-electron chi connectivity index (χ1n) is 7.29. The minimum atomic E-state index is -0.849. The molecule has 126 valence electrons. The lowest BCUT2D eigenvalue weighted by Gasteiger charge is -2.30. The van der Waals surface area contributed by atoms with Gasteiger partial charge in [0.15, 0.2) is 0 Å². The van der Waals surface area contributed by atoms with Gasteiger partial charge in [-0.3, -0.25) is 14.4 Å². The summed E-state index contributed by atoms with van der Waals surface area (Å²) in [4.78, 5) is 37.8. The monoisotopic (exact) mass is 315 g/mol. The highest BCUT2D eigenvalue weighted by Crippen LogP contribution is 2.19. The van der Waals surface area contributed by atoms with Gasteiger partial charge in [-0.15, -0.1) is 0 Å². The molecule has 2 N–H and O–H groups in total. The van der Waals surface area contributed by atoms with Crippen molar-refractivity contribution in [1.29, 1.82) is 0 Å². The Balaban J connectivity index is 2.86. The van der Waals surface area contributed by atoms with Gasteiger partial charge in [0.05, 0.1) is 6.10 Å². The average Bonchev–Trinajstić information content (AvgIpc) is 3.00. The van der Waals surface area contributed by atoms with E-state index in [1.165, 1.54) is 19.1 Å². The van der Waals surface area contributed by atoms with Crippen LogP contribution in [0.15, 0.2) is 0 Å². The number of likely N-dealkylation sites (N-methyl/N-ethyl adjacent to an activating group) is 1. The summed E-state index contributed by atoms with van der Waals surface area (Å²) in [7, 11) is 4.41. The van der Waals surface area contributed by atoms with Crippen LogP contribution in [-0.2, 0) is 23.9 Å². The number of carbonyl (C=O) groups is 3. The number of likely N-dealkylation sites (tertiary alicyclic amines) is 1. The SMILES string of the molecule is CNC(=O)C1CCCN1C(=O)C(NC(=O)COC)C(C)OC. The van der Waals surface area contributed by atoms with E-state index < -0.39 is 24.1 Å². The number of nitrogens with zero attached hydrogens (tertiary/aromatic N) is 1. The maximum absolute atomic E-state index is 12.7. The zero-order valence-corrected chi connectivity index (χ0v) is 13.5. The average molecular weight is 315 g/mol. The third kappa shape index (κ3) is 4.41. The summed E-state index contributed by atoms with van der Waals surface area (Å²) in [6.07, 6.45) is 0.856. The second-order valence-electron chi connectivity index (χ2n) is 5.22. The molecule has 1 fully saturated rings. The molecule has 1 heterocycles. The lowest BCUT2D eigenvalue weighted by Crippen LogP contribution is -2.57. The molecule has 8 heteroatoms. The van der Waals surface area contributed by atoms with Crippen LogP contribution in [0.25, 0.3) is 0 Å². The summed E-state index contributed by atoms with van der Waals surface area (Å²) < 4.78 is 9.95. The van der Waals surface area contributed by atoms with E-state index in [4.69, 9.17) is 9.47 Å². The van der Waals surface area contributed by atoms with Crippen molar-refractivity contribution >= 4 is 17.7 Å². The van der Waals surface area contributed by atoms with Crippen LogP contribution in [-0.4, -0.2) is 75.2 Å². The van der Waals surface area contributed by atoms with Gasteiger partial charge < -0.3 is 25.0 Å². The molecule has 1 aliphatic rings. The van der Waals surface area contributed by atoms with E-state index in [9.17, 15) is 14.4 Å². The molecule has 3 atom stereocenters. The zero-order valence-electron chi connectivity index (χ0n) is 13.5. The van der Waals surface area contributed by atoms with Crippen LogP contribution in [0.3, 0.4) is 0 Å². The smallest absolute Gasteiger partial charge is 0.248 e. The molecular formula is C14H25N3O5. The van der Waals surface area contributed by atoms with Gasteiger partial charge in [0, 0.05) is 27.8 Å². The summed E-state index contributed by atoms with van der Waals surface area (Å²) in [5.41, 5.74) is 0. The van der Waals surface area contributed by atoms with E-state index in [2.05, 4.69) is 10.6 Å². The van der Waals surface area contributed by atoms with Crippen molar-refractivity contribution in [3.63, 3.8) is 0 Å². The highest BCUT2D eigenvalue weighted by Gasteiger charge is 2.39. The molecule has 1 aliphatic heterocycles. The Hall–Kier alpha value is -1.67. The Morgan fingerprint density at radius 2 is 2.00 bits per heavy atom. The second-order valence-corrected chi connectivity index (χ2v) is 5.22. The maximum Gasteiger partial charge on any atom is 0.248 e. The molecule has 0 aromatic rings. The second kappa shape index (κ2) is 8.70. The maximum atomic E-state index is 12.7. The Kier molecular flexibility index (Phi) is 7.26. The van der Waals surface area contributed by atoms with Gasteiger partial charge >= 0.3 is 0 Å². The minimum absolute atomic E-state index is 0.140. The minimum Gasteiger partial charge on any atom is -0.379 e. The van der Waals surface area contributed by atoms with Crippen LogP contribution >= 0.6 is 0 Å². The molecular weight excluding hydrogens is 290 g/mol. The molecule has 3 unspecified atom stereocenters. The first-order valence-corrected chi connectivity index (χ1v) is 7.29. The molecule has 0 aromatic heterocycles. The topological polar surface area (TPSA) is 97.0 Å². The molecule has 0 saturated carbocycles. The molecule has 8 nitrogen and oxygen atoms in total. The van der Waals surface area contributed by atoms with E-state index in [1.54, 1.807) is 14.0 Å². The van der Waals surface area contributed by atoms with E-state index in [1.807, 2.05) is 0 Å². The first kappa shape index (κ1) is 18.4. The highest BCUT2D eigenvalue weighted by molar-refractivity contribution is 5.93. The number of methoxy groups -OCH3 is 2. The number of ether oxygens (including phenoxy) is 2. The normalized spacial score (nSPS) is 20.4. The number of amides is 3. The Bertz CT molecular complexity index is 415. The van der Waals surface area contributed by atoms with Gasteiger partial charge in [-0.25, -0.2) is 0 Å². The van der Waals surface area contributed by atoms with E-state index in [-0.39, 0.29) is 18.4 Å². The Labute approximate surface area is 130 Å². The van der Waals surface area contributed by atoms with Gasteiger partial charge in [-0.2, -0.15) is 0 Å². The zero-order chi connectivity index (χ0) is 16.7. The molecule has 1 rings (SSSR count). The van der Waals surface area contributed by atoms with Crippen molar-refractivity contribution in [1.82, 2.24) is 15.5 Å². The molecule has 3 amide bonds. The highest BCUT2D eigenvalue weighted by atomic mass is 16.5. The lowest BCUT2D eigenvalue weighted by molar-refractivity contribution is -0.144. The summed E-state index contributed by atoms with van der Waals surface area (Å²) in [5, 5.41) is 5.17. The third-order valence-corrected chi connectivity index (χ3v) is 3.78. The predicted molar refractivity (Wildman–Crippen MR) is 79.1 cm³/mol. The van der Waals surface area contributed by atoms with Crippen LogP contribution < -0.4 is 10.6 Å². The molecule has 0 spiro atoms. The third-order valence-electron chi connectivity index (χ3n) is 3.78. The molecule has 1 saturated heterocycles. The fourth-order valence-electron chi connectivity index (χ4n) is 2.51. The first-order chi connectivity index (χ1) is 10.5. The van der Waals surface area contributed by atoms with Crippen LogP contribution in [0.5, 0.6) is 0 Å². The van der Waals surface area contributed by atoms with Crippen LogP contribution in [0, 0.1) is 0 Å². The summed E-state index contributed by atoms with van der Waals surface area (Å²) >= 11 is 0. The molecule has 22 heavy (non-hydrogen) atoms. The van der Waals surface area contributed by atoms with Crippen LogP contribution in [0.4, 0.5) is 0 Å². The van der Waals surface area contributed by atoms with E-state index in [0.717, 1.165) is 6.42 Å². The van der Waals surface area contributed by atoms with Crippen LogP contribution in [0.1, 0.15) is 19.8 Å². The number of hydrogen-bond donors (Lipinski definition) is 2. The van der Waals surface area contributed by atoms with E-state index in [0.29, 0.717) is 13.0 Å². The predicted octanol–water partition coefficient (Wildman–Crippen LogP) is -1.11. The van der Waals surface area contributed by atoms with Gasteiger partial charge in [0.1, 0.15) is 18.7 Å². The van der Waals surface area contributed by atoms with Crippen molar-refractivity contribution in [2.75, 3.05) is 34.4 Å². The fourth-order valence-corrected chi connectivity index (χ4v) is 2.51. The van der Waals surface area contributed by atoms with Crippen molar-refractivity contribution in [3.05, 3.63) is 0 Å². The van der Waals surface area contributed by atoms with Gasteiger partial charge in [0.2, 0.25) is 17.7 Å². The van der Waals surface area contributed by atoms with Gasteiger partial charge in [-0.05, 0) is 19.8 Å². The van der Waals surface area contributed by atoms with Gasteiger partial charge in [-0.1, -0.05) is 0 Å². The van der Waals surface area contributed by atoms with Crippen molar-refractivity contribution < 1.29 is 23.9 Å². The fraction of sp³-hybridized carbons (Fsp3) is 0.786. The molecule has 0 radical (unpaired) electrons. The molecule has 0 aromatic carbocycles. The quantitative estimate of drug-likeness (QED) is 0.621. The van der Waals surface area contributed by atoms with E-state index >= 15 is 0 Å². The summed E-state index contributed by atoms with van der Waals surface area (Å²) in [5.74, 6) is -0.914. The largest absolute Gasteiger partial charge is 0.379 e.